The maximum Gasteiger partial charge on any atom is 0.323 e. The van der Waals surface area contributed by atoms with Gasteiger partial charge in [-0.2, -0.15) is 5.10 Å². The molecular formula is C14H21N5O2. The summed E-state index contributed by atoms with van der Waals surface area (Å²) in [5.41, 5.74) is 0. The van der Waals surface area contributed by atoms with Gasteiger partial charge in [0.05, 0.1) is 6.20 Å². The quantitative estimate of drug-likeness (QED) is 0.902. The lowest BCUT2D eigenvalue weighted by molar-refractivity contribution is -0.137. The molecule has 2 fully saturated rings. The Kier molecular flexibility index (Phi) is 3.57. The molecule has 1 aromatic heterocycles. The maximum atomic E-state index is 12.4. The van der Waals surface area contributed by atoms with E-state index in [9.17, 15) is 9.59 Å². The zero-order valence-corrected chi connectivity index (χ0v) is 12.5. The lowest BCUT2D eigenvalue weighted by Gasteiger charge is -2.37. The lowest BCUT2D eigenvalue weighted by Crippen LogP contribution is -2.57. The first-order valence-electron chi connectivity index (χ1n) is 7.40. The number of hydrogen-bond acceptors (Lipinski definition) is 3. The molecule has 1 aliphatic heterocycles. The monoisotopic (exact) mass is 291 g/mol. The van der Waals surface area contributed by atoms with Crippen LogP contribution in [0.3, 0.4) is 0 Å². The average Bonchev–Trinajstić information content (AvgIpc) is 3.17. The van der Waals surface area contributed by atoms with E-state index < -0.39 is 6.04 Å². The number of nitrogens with zero attached hydrogens (tertiary/aromatic N) is 4. The fourth-order valence-electron chi connectivity index (χ4n) is 2.60. The molecule has 1 aromatic rings. The molecular weight excluding hydrogens is 270 g/mol. The van der Waals surface area contributed by atoms with Crippen molar-refractivity contribution in [2.45, 2.75) is 32.4 Å². The van der Waals surface area contributed by atoms with Gasteiger partial charge in [0.1, 0.15) is 11.9 Å². The number of amides is 3. The van der Waals surface area contributed by atoms with E-state index in [1.807, 2.05) is 4.68 Å². The Morgan fingerprint density at radius 1 is 1.43 bits per heavy atom. The van der Waals surface area contributed by atoms with Gasteiger partial charge >= 0.3 is 6.03 Å². The van der Waals surface area contributed by atoms with Crippen LogP contribution in [0.25, 0.3) is 0 Å². The van der Waals surface area contributed by atoms with Gasteiger partial charge in [0.15, 0.2) is 0 Å². The Labute approximate surface area is 123 Å². The van der Waals surface area contributed by atoms with Crippen LogP contribution < -0.4 is 5.32 Å². The van der Waals surface area contributed by atoms with Gasteiger partial charge in [0.2, 0.25) is 5.91 Å². The van der Waals surface area contributed by atoms with Crippen LogP contribution in [0.1, 0.15) is 19.8 Å². The topological polar surface area (TPSA) is 70.5 Å². The van der Waals surface area contributed by atoms with Crippen molar-refractivity contribution in [2.75, 3.05) is 25.5 Å². The first-order chi connectivity index (χ1) is 10.1. The Balaban J connectivity index is 1.65. The van der Waals surface area contributed by atoms with E-state index in [1.165, 1.54) is 12.8 Å². The lowest BCUT2D eigenvalue weighted by atomic mass is 10.2. The van der Waals surface area contributed by atoms with Crippen molar-refractivity contribution in [3.8, 4) is 0 Å². The number of rotatable bonds is 3. The molecule has 21 heavy (non-hydrogen) atoms. The Morgan fingerprint density at radius 3 is 2.90 bits per heavy atom. The third kappa shape index (κ3) is 2.86. The normalized spacial score (nSPS) is 22.6. The summed E-state index contributed by atoms with van der Waals surface area (Å²) < 4.78 is 1.83. The summed E-state index contributed by atoms with van der Waals surface area (Å²) in [5.74, 6) is 1.36. The van der Waals surface area contributed by atoms with Gasteiger partial charge in [0.25, 0.3) is 0 Å². The minimum absolute atomic E-state index is 0.0251. The van der Waals surface area contributed by atoms with E-state index in [-0.39, 0.29) is 11.9 Å². The van der Waals surface area contributed by atoms with Crippen LogP contribution in [0.15, 0.2) is 12.3 Å². The third-order valence-corrected chi connectivity index (χ3v) is 4.22. The summed E-state index contributed by atoms with van der Waals surface area (Å²) in [7, 11) is 1.76. The minimum Gasteiger partial charge on any atom is -0.342 e. The number of anilines is 1. The van der Waals surface area contributed by atoms with Crippen LogP contribution >= 0.6 is 0 Å². The van der Waals surface area contributed by atoms with Gasteiger partial charge < -0.3 is 9.80 Å². The molecule has 1 saturated heterocycles. The van der Waals surface area contributed by atoms with E-state index in [2.05, 4.69) is 10.4 Å². The number of carbonyl (C=O) groups is 2. The Bertz CT molecular complexity index is 551. The number of carbonyl (C=O) groups excluding carboxylic acids is 2. The smallest absolute Gasteiger partial charge is 0.323 e. The molecule has 7 heteroatoms. The highest BCUT2D eigenvalue weighted by atomic mass is 16.2. The molecule has 0 aromatic carbocycles. The Hall–Kier alpha value is -2.05. The van der Waals surface area contributed by atoms with Crippen molar-refractivity contribution >= 4 is 17.8 Å². The van der Waals surface area contributed by atoms with Crippen molar-refractivity contribution in [3.05, 3.63) is 12.3 Å². The summed E-state index contributed by atoms with van der Waals surface area (Å²) in [6.07, 6.45) is 4.16. The van der Waals surface area contributed by atoms with Crippen molar-refractivity contribution in [2.24, 2.45) is 5.92 Å². The molecule has 0 spiro atoms. The molecule has 3 rings (SSSR count). The molecule has 0 bridgehead atoms. The second-order valence-corrected chi connectivity index (χ2v) is 5.90. The van der Waals surface area contributed by atoms with E-state index >= 15 is 0 Å². The molecule has 2 heterocycles. The molecule has 1 aliphatic carbocycles. The molecule has 114 valence electrons. The second-order valence-electron chi connectivity index (χ2n) is 5.90. The number of likely N-dealkylation sites (N-methyl/N-ethyl adjacent to an activating group) is 1. The van der Waals surface area contributed by atoms with Gasteiger partial charge in [-0.15, -0.1) is 0 Å². The molecule has 7 nitrogen and oxygen atoms in total. The predicted octanol–water partition coefficient (Wildman–Crippen LogP) is 0.987. The third-order valence-electron chi connectivity index (χ3n) is 4.22. The van der Waals surface area contributed by atoms with E-state index in [0.29, 0.717) is 24.8 Å². The predicted molar refractivity (Wildman–Crippen MR) is 77.8 cm³/mol. The summed E-state index contributed by atoms with van der Waals surface area (Å²) in [4.78, 5) is 27.6. The Morgan fingerprint density at radius 2 is 2.19 bits per heavy atom. The van der Waals surface area contributed by atoms with Gasteiger partial charge in [-0.3, -0.25) is 10.1 Å². The summed E-state index contributed by atoms with van der Waals surface area (Å²) >= 11 is 0. The molecule has 0 radical (unpaired) electrons. The molecule has 3 amide bonds. The molecule has 1 N–H and O–H groups in total. The fraction of sp³-hybridized carbons (Fsp3) is 0.643. The average molecular weight is 291 g/mol. The highest BCUT2D eigenvalue weighted by Crippen LogP contribution is 2.31. The van der Waals surface area contributed by atoms with Crippen LogP contribution in [0, 0.1) is 5.92 Å². The zero-order valence-electron chi connectivity index (χ0n) is 12.5. The number of hydrogen-bond donors (Lipinski definition) is 1. The van der Waals surface area contributed by atoms with E-state index in [0.717, 1.165) is 6.54 Å². The van der Waals surface area contributed by atoms with Gasteiger partial charge in [-0.05, 0) is 25.7 Å². The van der Waals surface area contributed by atoms with Crippen LogP contribution in [0.4, 0.5) is 10.6 Å². The molecule has 1 saturated carbocycles. The van der Waals surface area contributed by atoms with E-state index in [4.69, 9.17) is 0 Å². The molecule has 1 unspecified atom stereocenters. The molecule has 2 aliphatic rings. The SMILES string of the molecule is CC1C(=O)N(C)CCN1C(=O)Nc1ccnn1CC1CC1. The van der Waals surface area contributed by atoms with Crippen molar-refractivity contribution in [1.82, 2.24) is 19.6 Å². The number of piperazine rings is 1. The second kappa shape index (κ2) is 5.38. The number of urea groups is 1. The standard InChI is InChI=1S/C14H21N5O2/c1-10-13(20)17(2)7-8-18(10)14(21)16-12-5-6-15-19(12)9-11-3-4-11/h5-6,10-11H,3-4,7-9H2,1-2H3,(H,16,21). The first kappa shape index (κ1) is 13.9. The van der Waals surface area contributed by atoms with Crippen LogP contribution in [0.5, 0.6) is 0 Å². The minimum atomic E-state index is -0.427. The van der Waals surface area contributed by atoms with Crippen molar-refractivity contribution < 1.29 is 9.59 Å². The fourth-order valence-corrected chi connectivity index (χ4v) is 2.60. The summed E-state index contributed by atoms with van der Waals surface area (Å²) in [5, 5.41) is 7.12. The van der Waals surface area contributed by atoms with Crippen LogP contribution in [-0.2, 0) is 11.3 Å². The van der Waals surface area contributed by atoms with Gasteiger partial charge in [0, 0.05) is 32.7 Å². The first-order valence-corrected chi connectivity index (χ1v) is 7.40. The van der Waals surface area contributed by atoms with E-state index in [1.54, 1.807) is 36.0 Å². The zero-order chi connectivity index (χ0) is 15.0. The van der Waals surface area contributed by atoms with Crippen molar-refractivity contribution in [1.29, 1.82) is 0 Å². The molecule has 1 atom stereocenters. The van der Waals surface area contributed by atoms with Crippen LogP contribution in [-0.4, -0.2) is 57.7 Å². The van der Waals surface area contributed by atoms with Crippen molar-refractivity contribution in [3.63, 3.8) is 0 Å². The van der Waals surface area contributed by atoms with Gasteiger partial charge in [-0.25, -0.2) is 9.48 Å². The summed E-state index contributed by atoms with van der Waals surface area (Å²) in [6.45, 7) is 3.73. The van der Waals surface area contributed by atoms with Gasteiger partial charge in [-0.1, -0.05) is 0 Å². The summed E-state index contributed by atoms with van der Waals surface area (Å²) in [6, 6.07) is 1.13. The largest absolute Gasteiger partial charge is 0.342 e. The number of nitrogens with one attached hydrogen (secondary N) is 1. The highest BCUT2D eigenvalue weighted by Gasteiger charge is 2.33. The number of aromatic nitrogens is 2. The highest BCUT2D eigenvalue weighted by molar-refractivity contribution is 5.93. The van der Waals surface area contributed by atoms with Crippen LogP contribution in [0.2, 0.25) is 0 Å². The maximum absolute atomic E-state index is 12.4.